The highest BCUT2D eigenvalue weighted by Gasteiger charge is 2.15. The maximum absolute atomic E-state index is 5.49. The number of fused-ring (bicyclic) bond motifs is 1. The Hall–Kier alpha value is -1.28. The van der Waals surface area contributed by atoms with Gasteiger partial charge in [0.2, 0.25) is 0 Å². The Morgan fingerprint density at radius 3 is 2.45 bits per heavy atom. The SMILES string of the molecule is CCOc1ccc(C(Br)c2ccc3c(c2)CCC3)cc1. The van der Waals surface area contributed by atoms with Crippen LogP contribution in [0, 0.1) is 0 Å². The van der Waals surface area contributed by atoms with Crippen molar-refractivity contribution in [2.75, 3.05) is 6.61 Å². The molecule has 1 unspecified atom stereocenters. The fraction of sp³-hybridized carbons (Fsp3) is 0.333. The molecule has 0 amide bonds. The Kier molecular flexibility index (Phi) is 4.11. The summed E-state index contributed by atoms with van der Waals surface area (Å²) in [7, 11) is 0. The molecule has 0 heterocycles. The van der Waals surface area contributed by atoms with Crippen molar-refractivity contribution in [2.45, 2.75) is 31.0 Å². The van der Waals surface area contributed by atoms with Gasteiger partial charge in [-0.1, -0.05) is 46.3 Å². The Balaban J connectivity index is 1.82. The Bertz CT molecular complexity index is 589. The predicted molar refractivity (Wildman–Crippen MR) is 86.8 cm³/mol. The summed E-state index contributed by atoms with van der Waals surface area (Å²) in [6.07, 6.45) is 3.77. The van der Waals surface area contributed by atoms with Crippen molar-refractivity contribution in [3.63, 3.8) is 0 Å². The van der Waals surface area contributed by atoms with Crippen molar-refractivity contribution < 1.29 is 4.74 Å². The molecule has 2 aromatic carbocycles. The van der Waals surface area contributed by atoms with Crippen LogP contribution in [0.3, 0.4) is 0 Å². The van der Waals surface area contributed by atoms with E-state index in [0.717, 1.165) is 5.75 Å². The third kappa shape index (κ3) is 2.76. The van der Waals surface area contributed by atoms with E-state index in [1.165, 1.54) is 41.5 Å². The molecule has 20 heavy (non-hydrogen) atoms. The van der Waals surface area contributed by atoms with E-state index in [0.29, 0.717) is 6.61 Å². The van der Waals surface area contributed by atoms with Gasteiger partial charge >= 0.3 is 0 Å². The monoisotopic (exact) mass is 330 g/mol. The second kappa shape index (κ2) is 6.01. The van der Waals surface area contributed by atoms with Gasteiger partial charge < -0.3 is 4.74 Å². The molecule has 0 spiro atoms. The van der Waals surface area contributed by atoms with E-state index >= 15 is 0 Å². The molecule has 3 rings (SSSR count). The van der Waals surface area contributed by atoms with Crippen LogP contribution in [0.2, 0.25) is 0 Å². The Morgan fingerprint density at radius 1 is 1.00 bits per heavy atom. The zero-order valence-electron chi connectivity index (χ0n) is 11.7. The normalized spacial score (nSPS) is 14.9. The second-order valence-corrected chi connectivity index (χ2v) is 6.16. The van der Waals surface area contributed by atoms with Crippen LogP contribution < -0.4 is 4.74 Å². The van der Waals surface area contributed by atoms with E-state index in [-0.39, 0.29) is 4.83 Å². The summed E-state index contributed by atoms with van der Waals surface area (Å²) in [4.78, 5) is 0.254. The first-order valence-corrected chi connectivity index (χ1v) is 8.18. The quantitative estimate of drug-likeness (QED) is 0.712. The average Bonchev–Trinajstić information content (AvgIpc) is 2.95. The molecule has 1 aliphatic rings. The number of ether oxygens (including phenoxy) is 1. The minimum atomic E-state index is 0.254. The van der Waals surface area contributed by atoms with Crippen molar-refractivity contribution in [1.82, 2.24) is 0 Å². The Labute approximate surface area is 129 Å². The van der Waals surface area contributed by atoms with Gasteiger partial charge in [0.1, 0.15) is 5.75 Å². The molecule has 0 aromatic heterocycles. The van der Waals surface area contributed by atoms with Gasteiger partial charge in [-0.05, 0) is 60.6 Å². The molecule has 0 saturated heterocycles. The standard InChI is InChI=1S/C18H19BrO/c1-2-20-17-10-8-14(9-11-17)18(19)16-7-6-13-4-3-5-15(13)12-16/h6-12,18H,2-5H2,1H3. The summed E-state index contributed by atoms with van der Waals surface area (Å²) in [5.74, 6) is 0.935. The summed E-state index contributed by atoms with van der Waals surface area (Å²) in [5, 5.41) is 0. The topological polar surface area (TPSA) is 9.23 Å². The molecular formula is C18H19BrO. The van der Waals surface area contributed by atoms with Gasteiger partial charge in [-0.2, -0.15) is 0 Å². The summed E-state index contributed by atoms with van der Waals surface area (Å²) in [6.45, 7) is 2.72. The third-order valence-corrected chi connectivity index (χ3v) is 4.96. The van der Waals surface area contributed by atoms with Crippen molar-refractivity contribution in [2.24, 2.45) is 0 Å². The lowest BCUT2D eigenvalue weighted by atomic mass is 10.0. The number of hydrogen-bond acceptors (Lipinski definition) is 1. The number of rotatable bonds is 4. The molecule has 2 heteroatoms. The third-order valence-electron chi connectivity index (χ3n) is 3.90. The molecule has 0 fully saturated rings. The number of halogens is 1. The lowest BCUT2D eigenvalue weighted by Gasteiger charge is -2.13. The van der Waals surface area contributed by atoms with E-state index in [2.05, 4.69) is 46.3 Å². The molecule has 0 radical (unpaired) electrons. The molecule has 0 bridgehead atoms. The largest absolute Gasteiger partial charge is 0.494 e. The van der Waals surface area contributed by atoms with Crippen LogP contribution in [0.25, 0.3) is 0 Å². The zero-order chi connectivity index (χ0) is 13.9. The van der Waals surface area contributed by atoms with Crippen LogP contribution in [-0.4, -0.2) is 6.61 Å². The highest BCUT2D eigenvalue weighted by atomic mass is 79.9. The molecule has 0 aliphatic heterocycles. The fourth-order valence-corrected chi connectivity index (χ4v) is 3.43. The molecule has 2 aromatic rings. The fourth-order valence-electron chi connectivity index (χ4n) is 2.84. The van der Waals surface area contributed by atoms with Gasteiger partial charge in [0, 0.05) is 0 Å². The van der Waals surface area contributed by atoms with Gasteiger partial charge in [0.15, 0.2) is 0 Å². The van der Waals surface area contributed by atoms with E-state index in [1.807, 2.05) is 19.1 Å². The first-order chi connectivity index (χ1) is 9.78. The predicted octanol–water partition coefficient (Wildman–Crippen LogP) is 5.06. The molecule has 0 N–H and O–H groups in total. The molecule has 0 saturated carbocycles. The van der Waals surface area contributed by atoms with Crippen LogP contribution in [0.1, 0.15) is 40.4 Å². The first kappa shape index (κ1) is 13.7. The van der Waals surface area contributed by atoms with Gasteiger partial charge in [0.05, 0.1) is 11.4 Å². The van der Waals surface area contributed by atoms with Gasteiger partial charge in [-0.15, -0.1) is 0 Å². The highest BCUT2D eigenvalue weighted by molar-refractivity contribution is 9.09. The van der Waals surface area contributed by atoms with Crippen molar-refractivity contribution >= 4 is 15.9 Å². The van der Waals surface area contributed by atoms with Gasteiger partial charge in [0.25, 0.3) is 0 Å². The molecular weight excluding hydrogens is 312 g/mol. The number of alkyl halides is 1. The summed E-state index contributed by atoms with van der Waals surface area (Å²) < 4.78 is 5.49. The van der Waals surface area contributed by atoms with Crippen molar-refractivity contribution in [3.8, 4) is 5.75 Å². The number of benzene rings is 2. The van der Waals surface area contributed by atoms with E-state index in [4.69, 9.17) is 4.74 Å². The molecule has 1 atom stereocenters. The Morgan fingerprint density at radius 2 is 1.70 bits per heavy atom. The van der Waals surface area contributed by atoms with Gasteiger partial charge in [-0.25, -0.2) is 0 Å². The van der Waals surface area contributed by atoms with E-state index in [9.17, 15) is 0 Å². The lowest BCUT2D eigenvalue weighted by Crippen LogP contribution is -1.96. The highest BCUT2D eigenvalue weighted by Crippen LogP contribution is 2.34. The summed E-state index contributed by atoms with van der Waals surface area (Å²) in [5.41, 5.74) is 5.67. The number of hydrogen-bond donors (Lipinski definition) is 0. The summed E-state index contributed by atoms with van der Waals surface area (Å²) >= 11 is 3.83. The minimum Gasteiger partial charge on any atom is -0.494 e. The van der Waals surface area contributed by atoms with Crippen LogP contribution in [-0.2, 0) is 12.8 Å². The van der Waals surface area contributed by atoms with Gasteiger partial charge in [-0.3, -0.25) is 0 Å². The average molecular weight is 331 g/mol. The van der Waals surface area contributed by atoms with Crippen LogP contribution in [0.4, 0.5) is 0 Å². The van der Waals surface area contributed by atoms with E-state index in [1.54, 1.807) is 0 Å². The maximum Gasteiger partial charge on any atom is 0.119 e. The van der Waals surface area contributed by atoms with Crippen LogP contribution in [0.15, 0.2) is 42.5 Å². The smallest absolute Gasteiger partial charge is 0.119 e. The lowest BCUT2D eigenvalue weighted by molar-refractivity contribution is 0.340. The minimum absolute atomic E-state index is 0.254. The number of aryl methyl sites for hydroxylation is 2. The maximum atomic E-state index is 5.49. The molecule has 104 valence electrons. The van der Waals surface area contributed by atoms with Crippen molar-refractivity contribution in [3.05, 3.63) is 64.7 Å². The van der Waals surface area contributed by atoms with Crippen LogP contribution >= 0.6 is 15.9 Å². The van der Waals surface area contributed by atoms with E-state index < -0.39 is 0 Å². The molecule has 1 aliphatic carbocycles. The van der Waals surface area contributed by atoms with Crippen molar-refractivity contribution in [1.29, 1.82) is 0 Å². The summed E-state index contributed by atoms with van der Waals surface area (Å²) in [6, 6.07) is 15.3. The van der Waals surface area contributed by atoms with Crippen LogP contribution in [0.5, 0.6) is 5.75 Å². The first-order valence-electron chi connectivity index (χ1n) is 7.26. The zero-order valence-corrected chi connectivity index (χ0v) is 13.3. The second-order valence-electron chi connectivity index (χ2n) is 5.25. The molecule has 1 nitrogen and oxygen atoms in total.